The molecule has 1 aromatic rings. The van der Waals surface area contributed by atoms with Crippen molar-refractivity contribution >= 4 is 5.69 Å². The predicted molar refractivity (Wildman–Crippen MR) is 46.3 cm³/mol. The topological polar surface area (TPSA) is 55.5 Å². The number of hydrogen-bond acceptors (Lipinski definition) is 3. The molecule has 1 unspecified atom stereocenters. The number of anilines is 1. The van der Waals surface area contributed by atoms with Crippen molar-refractivity contribution in [3.8, 4) is 11.5 Å². The maximum Gasteiger partial charge on any atom is 0.166 e. The molecule has 2 rings (SSSR count). The lowest BCUT2D eigenvalue weighted by atomic mass is 10.1. The Balaban J connectivity index is 2.56. The lowest BCUT2D eigenvalue weighted by Crippen LogP contribution is -2.05. The number of aromatic hydroxyl groups is 1. The van der Waals surface area contributed by atoms with Crippen LogP contribution in [0.2, 0.25) is 0 Å². The van der Waals surface area contributed by atoms with E-state index in [0.717, 1.165) is 12.0 Å². The second kappa shape index (κ2) is 2.30. The fourth-order valence-electron chi connectivity index (χ4n) is 1.50. The van der Waals surface area contributed by atoms with Crippen LogP contribution in [0.4, 0.5) is 5.69 Å². The molecule has 0 saturated carbocycles. The molecular weight excluding hydrogens is 154 g/mol. The molecule has 1 aromatic carbocycles. The highest BCUT2D eigenvalue weighted by atomic mass is 16.5. The van der Waals surface area contributed by atoms with Crippen molar-refractivity contribution in [3.05, 3.63) is 17.7 Å². The van der Waals surface area contributed by atoms with Crippen molar-refractivity contribution in [1.82, 2.24) is 0 Å². The van der Waals surface area contributed by atoms with E-state index in [2.05, 4.69) is 0 Å². The van der Waals surface area contributed by atoms with E-state index in [0.29, 0.717) is 11.4 Å². The van der Waals surface area contributed by atoms with E-state index in [-0.39, 0.29) is 11.9 Å². The number of phenols is 1. The van der Waals surface area contributed by atoms with Gasteiger partial charge >= 0.3 is 0 Å². The standard InChI is InChI=1S/C9H11NO2/c1-5-4-6-7(10)2-3-8(11)9(6)12-5/h2-3,5,11H,4,10H2,1H3. The summed E-state index contributed by atoms with van der Waals surface area (Å²) in [6.45, 7) is 1.96. The van der Waals surface area contributed by atoms with Gasteiger partial charge in [-0.3, -0.25) is 0 Å². The monoisotopic (exact) mass is 165 g/mol. The van der Waals surface area contributed by atoms with Gasteiger partial charge in [-0.05, 0) is 19.1 Å². The Kier molecular flexibility index (Phi) is 1.40. The van der Waals surface area contributed by atoms with Crippen LogP contribution < -0.4 is 10.5 Å². The quantitative estimate of drug-likeness (QED) is 0.450. The fraction of sp³-hybridized carbons (Fsp3) is 0.333. The van der Waals surface area contributed by atoms with E-state index in [1.807, 2.05) is 6.92 Å². The van der Waals surface area contributed by atoms with E-state index in [1.165, 1.54) is 0 Å². The minimum absolute atomic E-state index is 0.121. The van der Waals surface area contributed by atoms with Crippen LogP contribution in [0.3, 0.4) is 0 Å². The second-order valence-electron chi connectivity index (χ2n) is 3.11. The third kappa shape index (κ3) is 0.897. The minimum atomic E-state index is 0.121. The van der Waals surface area contributed by atoms with Gasteiger partial charge in [0, 0.05) is 17.7 Å². The van der Waals surface area contributed by atoms with Crippen LogP contribution in [0.5, 0.6) is 11.5 Å². The summed E-state index contributed by atoms with van der Waals surface area (Å²) in [6.07, 6.45) is 0.908. The summed E-state index contributed by atoms with van der Waals surface area (Å²) in [7, 11) is 0. The molecule has 0 saturated heterocycles. The Hall–Kier alpha value is -1.38. The number of fused-ring (bicyclic) bond motifs is 1. The third-order valence-electron chi connectivity index (χ3n) is 2.09. The van der Waals surface area contributed by atoms with Crippen molar-refractivity contribution < 1.29 is 9.84 Å². The molecule has 0 fully saturated rings. The van der Waals surface area contributed by atoms with Crippen LogP contribution in [-0.2, 0) is 6.42 Å². The van der Waals surface area contributed by atoms with Crippen LogP contribution in [0, 0.1) is 0 Å². The number of benzene rings is 1. The molecule has 1 atom stereocenters. The molecule has 0 radical (unpaired) electrons. The van der Waals surface area contributed by atoms with Crippen LogP contribution in [-0.4, -0.2) is 11.2 Å². The van der Waals surface area contributed by atoms with Crippen molar-refractivity contribution in [2.45, 2.75) is 19.4 Å². The minimum Gasteiger partial charge on any atom is -0.504 e. The zero-order valence-corrected chi connectivity index (χ0v) is 6.87. The van der Waals surface area contributed by atoms with Gasteiger partial charge in [0.25, 0.3) is 0 Å². The number of nitrogens with two attached hydrogens (primary N) is 1. The molecule has 0 amide bonds. The van der Waals surface area contributed by atoms with Crippen LogP contribution in [0.25, 0.3) is 0 Å². The molecule has 0 bridgehead atoms. The Morgan fingerprint density at radius 3 is 3.00 bits per heavy atom. The molecule has 0 aromatic heterocycles. The zero-order valence-electron chi connectivity index (χ0n) is 6.87. The first kappa shape index (κ1) is 7.28. The fourth-order valence-corrected chi connectivity index (χ4v) is 1.50. The zero-order chi connectivity index (χ0) is 8.72. The van der Waals surface area contributed by atoms with Crippen LogP contribution in [0.15, 0.2) is 12.1 Å². The highest BCUT2D eigenvalue weighted by Gasteiger charge is 2.23. The van der Waals surface area contributed by atoms with Gasteiger partial charge < -0.3 is 15.6 Å². The summed E-state index contributed by atoms with van der Waals surface area (Å²) in [6, 6.07) is 3.27. The molecule has 3 heteroatoms. The number of rotatable bonds is 0. The Bertz CT molecular complexity index is 292. The highest BCUT2D eigenvalue weighted by molar-refractivity contribution is 5.61. The van der Waals surface area contributed by atoms with Crippen molar-refractivity contribution in [1.29, 1.82) is 0 Å². The highest BCUT2D eigenvalue weighted by Crippen LogP contribution is 2.40. The predicted octanol–water partition coefficient (Wildman–Crippen LogP) is 1.30. The summed E-state index contributed by atoms with van der Waals surface area (Å²) >= 11 is 0. The largest absolute Gasteiger partial charge is 0.504 e. The summed E-state index contributed by atoms with van der Waals surface area (Å²) in [5.41, 5.74) is 7.35. The molecule has 3 N–H and O–H groups in total. The van der Waals surface area contributed by atoms with E-state index in [9.17, 15) is 5.11 Å². The van der Waals surface area contributed by atoms with Crippen molar-refractivity contribution in [2.75, 3.05) is 5.73 Å². The first-order valence-corrected chi connectivity index (χ1v) is 3.95. The molecule has 3 nitrogen and oxygen atoms in total. The molecular formula is C9H11NO2. The van der Waals surface area contributed by atoms with Gasteiger partial charge in [-0.15, -0.1) is 0 Å². The molecule has 64 valence electrons. The Morgan fingerprint density at radius 1 is 1.58 bits per heavy atom. The van der Waals surface area contributed by atoms with Gasteiger partial charge in [0.15, 0.2) is 11.5 Å². The Morgan fingerprint density at radius 2 is 2.33 bits per heavy atom. The number of ether oxygens (including phenoxy) is 1. The molecule has 1 aliphatic heterocycles. The lowest BCUT2D eigenvalue weighted by molar-refractivity contribution is 0.245. The maximum absolute atomic E-state index is 9.39. The molecule has 1 aliphatic rings. The maximum atomic E-state index is 9.39. The van der Waals surface area contributed by atoms with Gasteiger partial charge in [-0.1, -0.05) is 0 Å². The van der Waals surface area contributed by atoms with Gasteiger partial charge in [-0.25, -0.2) is 0 Å². The van der Waals surface area contributed by atoms with Gasteiger partial charge in [0.2, 0.25) is 0 Å². The van der Waals surface area contributed by atoms with E-state index < -0.39 is 0 Å². The first-order valence-electron chi connectivity index (χ1n) is 3.95. The number of nitrogen functional groups attached to an aromatic ring is 1. The molecule has 12 heavy (non-hydrogen) atoms. The summed E-state index contributed by atoms with van der Waals surface area (Å²) in [4.78, 5) is 0. The summed E-state index contributed by atoms with van der Waals surface area (Å²) in [5.74, 6) is 0.742. The lowest BCUT2D eigenvalue weighted by Gasteiger charge is -2.04. The molecule has 1 heterocycles. The SMILES string of the molecule is CC1Cc2c(N)ccc(O)c2O1. The molecule has 0 spiro atoms. The average molecular weight is 165 g/mol. The summed E-state index contributed by atoms with van der Waals surface area (Å²) < 4.78 is 5.39. The number of phenolic OH excluding ortho intramolecular Hbond substituents is 1. The normalized spacial score (nSPS) is 20.2. The van der Waals surface area contributed by atoms with Crippen molar-refractivity contribution in [3.63, 3.8) is 0 Å². The Labute approximate surface area is 70.8 Å². The summed E-state index contributed by atoms with van der Waals surface area (Å²) in [5, 5.41) is 9.39. The first-order chi connectivity index (χ1) is 5.68. The smallest absolute Gasteiger partial charge is 0.166 e. The average Bonchev–Trinajstić information content (AvgIpc) is 2.41. The molecule has 0 aliphatic carbocycles. The van der Waals surface area contributed by atoms with E-state index in [4.69, 9.17) is 10.5 Å². The van der Waals surface area contributed by atoms with Crippen LogP contribution in [0.1, 0.15) is 12.5 Å². The van der Waals surface area contributed by atoms with E-state index in [1.54, 1.807) is 12.1 Å². The van der Waals surface area contributed by atoms with E-state index >= 15 is 0 Å². The van der Waals surface area contributed by atoms with Gasteiger partial charge in [0.05, 0.1) is 0 Å². The van der Waals surface area contributed by atoms with Crippen LogP contribution >= 0.6 is 0 Å². The number of hydrogen-bond donors (Lipinski definition) is 2. The van der Waals surface area contributed by atoms with Gasteiger partial charge in [0.1, 0.15) is 6.10 Å². The van der Waals surface area contributed by atoms with Gasteiger partial charge in [-0.2, -0.15) is 0 Å². The van der Waals surface area contributed by atoms with Crippen molar-refractivity contribution in [2.24, 2.45) is 0 Å². The third-order valence-corrected chi connectivity index (χ3v) is 2.09. The second-order valence-corrected chi connectivity index (χ2v) is 3.11.